The Morgan fingerprint density at radius 1 is 1.48 bits per heavy atom. The van der Waals surface area contributed by atoms with Gasteiger partial charge in [0, 0.05) is 16.5 Å². The summed E-state index contributed by atoms with van der Waals surface area (Å²) >= 11 is 6.16. The Morgan fingerprint density at radius 2 is 2.17 bits per heavy atom. The van der Waals surface area contributed by atoms with Gasteiger partial charge in [0.25, 0.3) is 0 Å². The zero-order valence-corrected chi connectivity index (χ0v) is 13.8. The summed E-state index contributed by atoms with van der Waals surface area (Å²) in [6.07, 6.45) is 2.96. The van der Waals surface area contributed by atoms with E-state index in [4.69, 9.17) is 17.3 Å². The highest BCUT2D eigenvalue weighted by Gasteiger charge is 2.62. The number of nitrogens with two attached hydrogens (primary N) is 1. The third kappa shape index (κ3) is 2.59. The molecular formula is C15H18Cl2N4O2. The molecule has 0 spiro atoms. The van der Waals surface area contributed by atoms with Gasteiger partial charge in [0.15, 0.2) is 0 Å². The van der Waals surface area contributed by atoms with Crippen LogP contribution in [-0.4, -0.2) is 33.8 Å². The summed E-state index contributed by atoms with van der Waals surface area (Å²) in [7, 11) is 0. The maximum Gasteiger partial charge on any atom is 0.233 e. The van der Waals surface area contributed by atoms with Gasteiger partial charge in [-0.15, -0.1) is 12.4 Å². The van der Waals surface area contributed by atoms with E-state index in [2.05, 4.69) is 15.5 Å². The minimum Gasteiger partial charge on any atom is -0.385 e. The van der Waals surface area contributed by atoms with Crippen molar-refractivity contribution in [2.24, 2.45) is 17.6 Å². The molecule has 2 aliphatic carbocycles. The molecule has 0 aliphatic heterocycles. The van der Waals surface area contributed by atoms with E-state index >= 15 is 0 Å². The molecule has 2 aromatic rings. The van der Waals surface area contributed by atoms with Crippen molar-refractivity contribution in [3.63, 3.8) is 0 Å². The number of fused-ring (bicyclic) bond motifs is 2. The maximum atomic E-state index is 11.4. The van der Waals surface area contributed by atoms with Gasteiger partial charge in [0.2, 0.25) is 5.91 Å². The van der Waals surface area contributed by atoms with Crippen LogP contribution in [0.3, 0.4) is 0 Å². The lowest BCUT2D eigenvalue weighted by molar-refractivity contribution is -0.120. The van der Waals surface area contributed by atoms with Crippen LogP contribution in [0.15, 0.2) is 18.3 Å². The summed E-state index contributed by atoms with van der Waals surface area (Å²) in [5.41, 5.74) is 6.06. The lowest BCUT2D eigenvalue weighted by atomic mass is 9.86. The fraction of sp³-hybridized carbons (Fsp3) is 0.467. The minimum absolute atomic E-state index is 0. The first-order chi connectivity index (χ1) is 10.5. The Labute approximate surface area is 144 Å². The molecule has 6 nitrogen and oxygen atoms in total. The molecule has 5 N–H and O–H groups in total. The van der Waals surface area contributed by atoms with Crippen LogP contribution in [0.1, 0.15) is 18.4 Å². The third-order valence-electron chi connectivity index (χ3n) is 5.02. The maximum absolute atomic E-state index is 11.4. The molecule has 124 valence electrons. The Bertz CT molecular complexity index is 751. The molecule has 0 radical (unpaired) electrons. The Balaban J connectivity index is 0.00000156. The van der Waals surface area contributed by atoms with E-state index in [1.165, 1.54) is 0 Å². The topological polar surface area (TPSA) is 104 Å². The number of hydrogen-bond acceptors (Lipinski definition) is 4. The van der Waals surface area contributed by atoms with Gasteiger partial charge in [0.05, 0.1) is 23.9 Å². The summed E-state index contributed by atoms with van der Waals surface area (Å²) < 4.78 is 0. The van der Waals surface area contributed by atoms with Gasteiger partial charge >= 0.3 is 0 Å². The molecule has 1 heterocycles. The summed E-state index contributed by atoms with van der Waals surface area (Å²) in [6.45, 7) is 0.00411. The molecule has 2 saturated carbocycles. The third-order valence-corrected chi connectivity index (χ3v) is 5.23. The molecule has 1 aromatic heterocycles. The largest absolute Gasteiger partial charge is 0.385 e. The number of nitrogens with zero attached hydrogens (tertiary/aromatic N) is 1. The van der Waals surface area contributed by atoms with Crippen molar-refractivity contribution in [2.75, 3.05) is 6.54 Å². The van der Waals surface area contributed by atoms with Crippen molar-refractivity contribution in [2.45, 2.75) is 24.5 Å². The van der Waals surface area contributed by atoms with E-state index in [0.29, 0.717) is 29.7 Å². The van der Waals surface area contributed by atoms with Crippen molar-refractivity contribution in [1.82, 2.24) is 15.5 Å². The van der Waals surface area contributed by atoms with E-state index in [0.717, 1.165) is 16.5 Å². The highest BCUT2D eigenvalue weighted by molar-refractivity contribution is 6.31. The zero-order chi connectivity index (χ0) is 15.5. The molecule has 0 bridgehead atoms. The molecule has 2 unspecified atom stereocenters. The van der Waals surface area contributed by atoms with Gasteiger partial charge < -0.3 is 16.2 Å². The number of benzene rings is 1. The van der Waals surface area contributed by atoms with Gasteiger partial charge in [-0.3, -0.25) is 9.89 Å². The minimum atomic E-state index is -0.910. The van der Waals surface area contributed by atoms with E-state index in [1.54, 1.807) is 12.3 Å². The van der Waals surface area contributed by atoms with E-state index in [1.807, 2.05) is 6.07 Å². The normalized spacial score (nSPS) is 31.5. The number of H-pyrrole nitrogens is 1. The number of amides is 1. The summed E-state index contributed by atoms with van der Waals surface area (Å²) in [5, 5.41) is 22.4. The lowest BCUT2D eigenvalue weighted by Gasteiger charge is -2.27. The number of aromatic nitrogens is 2. The molecule has 0 saturated heterocycles. The SMILES string of the molecule is Cl.NCC(=O)NC1C2CC(O)(c3cc(Cl)cc4[nH]ncc34)CC21. The number of hydrogen-bond donors (Lipinski definition) is 4. The van der Waals surface area contributed by atoms with Gasteiger partial charge in [-0.1, -0.05) is 11.6 Å². The van der Waals surface area contributed by atoms with Gasteiger partial charge in [0.1, 0.15) is 0 Å². The zero-order valence-electron chi connectivity index (χ0n) is 12.3. The predicted molar refractivity (Wildman–Crippen MR) is 89.4 cm³/mol. The average Bonchev–Trinajstić information content (AvgIpc) is 2.86. The first-order valence-corrected chi connectivity index (χ1v) is 7.74. The quantitative estimate of drug-likeness (QED) is 0.665. The fourth-order valence-corrected chi connectivity index (χ4v) is 4.16. The van der Waals surface area contributed by atoms with Crippen molar-refractivity contribution in [3.05, 3.63) is 28.9 Å². The molecule has 4 rings (SSSR count). The number of nitrogens with one attached hydrogen (secondary N) is 2. The second-order valence-corrected chi connectivity index (χ2v) is 6.79. The molecule has 8 heteroatoms. The molecule has 1 aromatic carbocycles. The summed E-state index contributed by atoms with van der Waals surface area (Å²) in [4.78, 5) is 11.4. The lowest BCUT2D eigenvalue weighted by Crippen LogP contribution is -2.36. The van der Waals surface area contributed by atoms with Gasteiger partial charge in [-0.05, 0) is 42.4 Å². The summed E-state index contributed by atoms with van der Waals surface area (Å²) in [5.74, 6) is 0.478. The number of carbonyl (C=O) groups is 1. The van der Waals surface area contributed by atoms with Crippen LogP contribution in [0, 0.1) is 11.8 Å². The average molecular weight is 357 g/mol. The Morgan fingerprint density at radius 3 is 2.83 bits per heavy atom. The van der Waals surface area contributed by atoms with E-state index < -0.39 is 5.60 Å². The van der Waals surface area contributed by atoms with E-state index in [9.17, 15) is 9.90 Å². The van der Waals surface area contributed by atoms with Crippen LogP contribution in [0.4, 0.5) is 0 Å². The molecule has 1 amide bonds. The van der Waals surface area contributed by atoms with E-state index in [-0.39, 0.29) is 30.9 Å². The molecule has 23 heavy (non-hydrogen) atoms. The van der Waals surface area contributed by atoms with Crippen LogP contribution in [-0.2, 0) is 10.4 Å². The van der Waals surface area contributed by atoms with Crippen LogP contribution >= 0.6 is 24.0 Å². The Hall–Kier alpha value is -1.34. The molecular weight excluding hydrogens is 339 g/mol. The van der Waals surface area contributed by atoms with Crippen molar-refractivity contribution in [1.29, 1.82) is 0 Å². The number of rotatable bonds is 3. The highest BCUT2D eigenvalue weighted by Crippen LogP contribution is 2.60. The van der Waals surface area contributed by atoms with Crippen molar-refractivity contribution in [3.8, 4) is 0 Å². The standard InChI is InChI=1S/C15H17ClN4O2.ClH/c16-7-1-11(10-6-18-20-12(10)2-7)15(22)3-8-9(4-15)14(8)19-13(21)5-17;/h1-2,6,8-9,14,22H,3-5,17H2,(H,18,20)(H,19,21);1H. The second-order valence-electron chi connectivity index (χ2n) is 6.35. The first kappa shape index (κ1) is 16.5. The number of aliphatic hydroxyl groups is 1. The first-order valence-electron chi connectivity index (χ1n) is 7.37. The van der Waals surface area contributed by atoms with Crippen molar-refractivity contribution < 1.29 is 9.90 Å². The number of carbonyl (C=O) groups excluding carboxylic acids is 1. The number of aromatic amines is 1. The summed E-state index contributed by atoms with van der Waals surface area (Å²) in [6, 6.07) is 3.77. The van der Waals surface area contributed by atoms with Gasteiger partial charge in [-0.25, -0.2) is 0 Å². The molecule has 2 atom stereocenters. The Kier molecular flexibility index (Phi) is 4.04. The predicted octanol–water partition coefficient (Wildman–Crippen LogP) is 1.31. The van der Waals surface area contributed by atoms with Crippen LogP contribution in [0.5, 0.6) is 0 Å². The number of halogens is 2. The molecule has 2 aliphatic rings. The smallest absolute Gasteiger partial charge is 0.233 e. The van der Waals surface area contributed by atoms with Crippen LogP contribution in [0.25, 0.3) is 10.9 Å². The highest BCUT2D eigenvalue weighted by atomic mass is 35.5. The molecule has 2 fully saturated rings. The van der Waals surface area contributed by atoms with Crippen LogP contribution in [0.2, 0.25) is 5.02 Å². The van der Waals surface area contributed by atoms with Crippen molar-refractivity contribution >= 4 is 40.8 Å². The van der Waals surface area contributed by atoms with Gasteiger partial charge in [-0.2, -0.15) is 5.10 Å². The fourth-order valence-electron chi connectivity index (χ4n) is 3.94. The van der Waals surface area contributed by atoms with Crippen LogP contribution < -0.4 is 11.1 Å². The monoisotopic (exact) mass is 356 g/mol. The second kappa shape index (κ2) is 5.63.